The Hall–Kier alpha value is -1.10. The lowest BCUT2D eigenvalue weighted by molar-refractivity contribution is -0.209. The van der Waals surface area contributed by atoms with Crippen LogP contribution in [0.1, 0.15) is 27.2 Å². The highest BCUT2D eigenvalue weighted by Gasteiger charge is 2.66. The summed E-state index contributed by atoms with van der Waals surface area (Å²) in [5, 5.41) is 9.90. The zero-order valence-corrected chi connectivity index (χ0v) is 9.06. The minimum Gasteiger partial charge on any atom is -0.457 e. The van der Waals surface area contributed by atoms with Crippen LogP contribution in [0, 0.1) is 5.92 Å². The van der Waals surface area contributed by atoms with Gasteiger partial charge in [-0.15, -0.1) is 0 Å². The topological polar surface area (TPSA) is 66.8 Å². The van der Waals surface area contributed by atoms with Gasteiger partial charge in [0.15, 0.2) is 5.54 Å². The number of hydrogen-bond acceptors (Lipinski definition) is 4. The SMILES string of the molecule is CC(C)[C@@H](O)N1C(=O)C[C@H]2OC(=O)[C@@]21C. The predicted octanol–water partition coefficient (Wildman–Crippen LogP) is -0.123. The van der Waals surface area contributed by atoms with Crippen molar-refractivity contribution in [3.05, 3.63) is 0 Å². The Bertz CT molecular complexity index is 327. The number of rotatable bonds is 2. The standard InChI is InChI=1S/C10H15NO4/c1-5(2)8(13)11-7(12)4-6-10(11,3)9(14)15-6/h5-6,8,13H,4H2,1-3H3/t6-,8-,10-/m1/s1. The molecule has 0 spiro atoms. The van der Waals surface area contributed by atoms with Gasteiger partial charge in [-0.1, -0.05) is 13.8 Å². The smallest absolute Gasteiger partial charge is 0.336 e. The van der Waals surface area contributed by atoms with E-state index in [9.17, 15) is 14.7 Å². The van der Waals surface area contributed by atoms with E-state index in [2.05, 4.69) is 0 Å². The molecule has 2 heterocycles. The van der Waals surface area contributed by atoms with E-state index in [4.69, 9.17) is 4.74 Å². The number of nitrogens with zero attached hydrogens (tertiary/aromatic N) is 1. The minimum atomic E-state index is -0.944. The Kier molecular flexibility index (Phi) is 2.05. The second-order valence-corrected chi connectivity index (χ2v) is 4.67. The molecule has 0 saturated carbocycles. The van der Waals surface area contributed by atoms with Gasteiger partial charge in [0, 0.05) is 0 Å². The van der Waals surface area contributed by atoms with Gasteiger partial charge in [0.1, 0.15) is 12.3 Å². The third kappa shape index (κ3) is 1.13. The van der Waals surface area contributed by atoms with Gasteiger partial charge in [0.25, 0.3) is 0 Å². The van der Waals surface area contributed by atoms with Crippen LogP contribution < -0.4 is 0 Å². The molecule has 15 heavy (non-hydrogen) atoms. The minimum absolute atomic E-state index is 0.0991. The van der Waals surface area contributed by atoms with Gasteiger partial charge in [0.2, 0.25) is 5.91 Å². The fraction of sp³-hybridized carbons (Fsp3) is 0.800. The largest absolute Gasteiger partial charge is 0.457 e. The van der Waals surface area contributed by atoms with Crippen molar-refractivity contribution in [2.24, 2.45) is 5.92 Å². The van der Waals surface area contributed by atoms with Gasteiger partial charge in [-0.2, -0.15) is 0 Å². The van der Waals surface area contributed by atoms with Crippen molar-refractivity contribution in [2.75, 3.05) is 0 Å². The molecule has 0 aromatic carbocycles. The molecule has 2 saturated heterocycles. The van der Waals surface area contributed by atoms with E-state index in [-0.39, 0.29) is 24.3 Å². The molecule has 0 radical (unpaired) electrons. The van der Waals surface area contributed by atoms with Crippen LogP contribution in [0.5, 0.6) is 0 Å². The van der Waals surface area contributed by atoms with Crippen molar-refractivity contribution in [1.29, 1.82) is 0 Å². The average molecular weight is 213 g/mol. The van der Waals surface area contributed by atoms with E-state index >= 15 is 0 Å². The Morgan fingerprint density at radius 3 is 2.60 bits per heavy atom. The molecule has 84 valence electrons. The third-order valence-electron chi connectivity index (χ3n) is 3.28. The van der Waals surface area contributed by atoms with Crippen LogP contribution >= 0.6 is 0 Å². The molecule has 0 bridgehead atoms. The number of amides is 1. The molecule has 5 nitrogen and oxygen atoms in total. The zero-order chi connectivity index (χ0) is 11.4. The molecule has 1 N–H and O–H groups in total. The average Bonchev–Trinajstić information content (AvgIpc) is 2.35. The van der Waals surface area contributed by atoms with Crippen LogP contribution in [0.25, 0.3) is 0 Å². The summed E-state index contributed by atoms with van der Waals surface area (Å²) in [6.45, 7) is 5.26. The molecule has 0 unspecified atom stereocenters. The van der Waals surface area contributed by atoms with E-state index in [1.807, 2.05) is 0 Å². The van der Waals surface area contributed by atoms with Gasteiger partial charge in [-0.3, -0.25) is 9.69 Å². The number of ether oxygens (including phenoxy) is 1. The number of esters is 1. The maximum atomic E-state index is 11.7. The van der Waals surface area contributed by atoms with E-state index in [1.54, 1.807) is 20.8 Å². The van der Waals surface area contributed by atoms with Gasteiger partial charge >= 0.3 is 5.97 Å². The zero-order valence-electron chi connectivity index (χ0n) is 9.06. The lowest BCUT2D eigenvalue weighted by Crippen LogP contribution is -2.67. The first kappa shape index (κ1) is 10.4. The first-order chi connectivity index (χ1) is 6.89. The molecular weight excluding hydrogens is 198 g/mol. The van der Waals surface area contributed by atoms with E-state index in [0.29, 0.717) is 0 Å². The lowest BCUT2D eigenvalue weighted by Gasteiger charge is -2.46. The summed E-state index contributed by atoms with van der Waals surface area (Å²) < 4.78 is 4.88. The molecule has 2 aliphatic rings. The Balaban J connectivity index is 2.30. The molecule has 0 aromatic heterocycles. The van der Waals surface area contributed by atoms with Crippen molar-refractivity contribution in [2.45, 2.75) is 45.1 Å². The third-order valence-corrected chi connectivity index (χ3v) is 3.28. The van der Waals surface area contributed by atoms with Gasteiger partial charge in [-0.05, 0) is 12.8 Å². The number of fused-ring (bicyclic) bond motifs is 1. The number of likely N-dealkylation sites (tertiary alicyclic amines) is 1. The highest BCUT2D eigenvalue weighted by molar-refractivity contribution is 5.97. The van der Waals surface area contributed by atoms with Crippen molar-refractivity contribution in [1.82, 2.24) is 4.90 Å². The molecule has 5 heteroatoms. The number of carbonyl (C=O) groups excluding carboxylic acids is 2. The Morgan fingerprint density at radius 2 is 2.13 bits per heavy atom. The highest BCUT2D eigenvalue weighted by Crippen LogP contribution is 2.43. The summed E-state index contributed by atoms with van der Waals surface area (Å²) in [5.41, 5.74) is -0.944. The second-order valence-electron chi connectivity index (χ2n) is 4.67. The summed E-state index contributed by atoms with van der Waals surface area (Å²) in [4.78, 5) is 24.3. The van der Waals surface area contributed by atoms with E-state index in [1.165, 1.54) is 4.90 Å². The van der Waals surface area contributed by atoms with E-state index < -0.39 is 17.7 Å². The van der Waals surface area contributed by atoms with E-state index in [0.717, 1.165) is 0 Å². The van der Waals surface area contributed by atoms with Crippen LogP contribution in [-0.4, -0.2) is 39.8 Å². The van der Waals surface area contributed by atoms with Gasteiger partial charge in [-0.25, -0.2) is 4.79 Å². The lowest BCUT2D eigenvalue weighted by atomic mass is 9.89. The first-order valence-corrected chi connectivity index (χ1v) is 5.10. The van der Waals surface area contributed by atoms with Crippen molar-refractivity contribution >= 4 is 11.9 Å². The monoisotopic (exact) mass is 213 g/mol. The van der Waals surface area contributed by atoms with Crippen LogP contribution in [0.15, 0.2) is 0 Å². The second kappa shape index (κ2) is 2.95. The van der Waals surface area contributed by atoms with Crippen molar-refractivity contribution < 1.29 is 19.4 Å². The van der Waals surface area contributed by atoms with Crippen LogP contribution in [0.4, 0.5) is 0 Å². The predicted molar refractivity (Wildman–Crippen MR) is 50.6 cm³/mol. The molecule has 3 atom stereocenters. The molecule has 1 amide bonds. The van der Waals surface area contributed by atoms with Crippen LogP contribution in [-0.2, 0) is 14.3 Å². The molecule has 2 aliphatic heterocycles. The van der Waals surface area contributed by atoms with Gasteiger partial charge < -0.3 is 9.84 Å². The maximum absolute atomic E-state index is 11.7. The van der Waals surface area contributed by atoms with Crippen LogP contribution in [0.2, 0.25) is 0 Å². The molecular formula is C10H15NO4. The fourth-order valence-corrected chi connectivity index (χ4v) is 2.17. The summed E-state index contributed by atoms with van der Waals surface area (Å²) in [6, 6.07) is 0. The first-order valence-electron chi connectivity index (χ1n) is 5.10. The normalized spacial score (nSPS) is 36.3. The number of carbonyl (C=O) groups is 2. The maximum Gasteiger partial charge on any atom is 0.336 e. The number of aliphatic hydroxyl groups excluding tert-OH is 1. The van der Waals surface area contributed by atoms with Crippen LogP contribution in [0.3, 0.4) is 0 Å². The van der Waals surface area contributed by atoms with Gasteiger partial charge in [0.05, 0.1) is 6.42 Å². The molecule has 2 rings (SSSR count). The molecule has 2 fully saturated rings. The quantitative estimate of drug-likeness (QED) is 0.649. The molecule has 0 aliphatic carbocycles. The fourth-order valence-electron chi connectivity index (χ4n) is 2.17. The summed E-state index contributed by atoms with van der Waals surface area (Å²) in [7, 11) is 0. The van der Waals surface area contributed by atoms with Crippen molar-refractivity contribution in [3.63, 3.8) is 0 Å². The Labute approximate surface area is 88.0 Å². The Morgan fingerprint density at radius 1 is 1.53 bits per heavy atom. The number of hydrogen-bond donors (Lipinski definition) is 1. The summed E-state index contributed by atoms with van der Waals surface area (Å²) in [6.07, 6.45) is -1.11. The number of aliphatic hydroxyl groups is 1. The summed E-state index contributed by atoms with van der Waals surface area (Å²) in [5.74, 6) is -0.731. The molecule has 0 aromatic rings. The van der Waals surface area contributed by atoms with Crippen molar-refractivity contribution in [3.8, 4) is 0 Å². The summed E-state index contributed by atoms with van der Waals surface area (Å²) >= 11 is 0. The highest BCUT2D eigenvalue weighted by atomic mass is 16.6.